The summed E-state index contributed by atoms with van der Waals surface area (Å²) < 4.78 is 5.29. The van der Waals surface area contributed by atoms with Crippen LogP contribution < -0.4 is 4.74 Å². The third-order valence-electron chi connectivity index (χ3n) is 9.49. The third kappa shape index (κ3) is 6.61. The molecule has 3 fully saturated rings. The summed E-state index contributed by atoms with van der Waals surface area (Å²) in [5.41, 5.74) is 3.79. The highest BCUT2D eigenvalue weighted by molar-refractivity contribution is 5.96. The number of methoxy groups -OCH3 is 1. The van der Waals surface area contributed by atoms with Crippen LogP contribution in [0.15, 0.2) is 30.6 Å². The number of ether oxygens (including phenoxy) is 1. The van der Waals surface area contributed by atoms with Gasteiger partial charge in [-0.05, 0) is 83.2 Å². The highest BCUT2D eigenvalue weighted by Gasteiger charge is 2.39. The molecular weight excluding hydrogens is 488 g/mol. The fourth-order valence-corrected chi connectivity index (χ4v) is 6.71. The average Bonchev–Trinajstić information content (AvgIpc) is 2.95. The molecule has 3 aliphatic heterocycles. The molecule has 0 spiro atoms. The van der Waals surface area contributed by atoms with E-state index in [1.165, 1.54) is 51.1 Å². The van der Waals surface area contributed by atoms with E-state index >= 15 is 0 Å². The third-order valence-corrected chi connectivity index (χ3v) is 9.49. The van der Waals surface area contributed by atoms with Gasteiger partial charge in [0.15, 0.2) is 0 Å². The number of piperidine rings is 2. The molecule has 212 valence electrons. The number of carbonyl (C=O) groups is 1. The highest BCUT2D eigenvalue weighted by atomic mass is 16.5. The summed E-state index contributed by atoms with van der Waals surface area (Å²) >= 11 is 0. The Bertz CT molecular complexity index is 1080. The van der Waals surface area contributed by atoms with E-state index in [4.69, 9.17) is 4.74 Å². The Morgan fingerprint density at radius 3 is 2.08 bits per heavy atom. The average molecular weight is 535 g/mol. The van der Waals surface area contributed by atoms with Gasteiger partial charge in [-0.25, -0.2) is 9.97 Å². The molecule has 0 N–H and O–H groups in total. The lowest BCUT2D eigenvalue weighted by molar-refractivity contribution is 0.00561. The molecule has 2 aromatic rings. The van der Waals surface area contributed by atoms with Crippen LogP contribution in [0.5, 0.6) is 5.75 Å². The van der Waals surface area contributed by atoms with E-state index < -0.39 is 0 Å². The van der Waals surface area contributed by atoms with Gasteiger partial charge in [0, 0.05) is 57.9 Å². The lowest BCUT2D eigenvalue weighted by atomic mass is 9.84. The smallest absolute Gasteiger partial charge is 0.257 e. The van der Waals surface area contributed by atoms with Gasteiger partial charge in [-0.1, -0.05) is 12.1 Å². The van der Waals surface area contributed by atoms with Gasteiger partial charge in [0.2, 0.25) is 0 Å². The Kier molecular flexibility index (Phi) is 8.84. The second-order valence-electron chi connectivity index (χ2n) is 12.1. The lowest BCUT2D eigenvalue weighted by Crippen LogP contribution is -2.57. The van der Waals surface area contributed by atoms with Crippen molar-refractivity contribution in [2.24, 2.45) is 5.92 Å². The number of benzene rings is 1. The first-order valence-corrected chi connectivity index (χ1v) is 14.7. The minimum atomic E-state index is 0.0930. The molecule has 0 bridgehead atoms. The first-order chi connectivity index (χ1) is 18.8. The first kappa shape index (κ1) is 28.0. The molecule has 4 heterocycles. The second-order valence-corrected chi connectivity index (χ2v) is 12.1. The van der Waals surface area contributed by atoms with Gasteiger partial charge in [-0.2, -0.15) is 0 Å². The van der Waals surface area contributed by atoms with Crippen molar-refractivity contribution in [3.05, 3.63) is 53.1 Å². The molecule has 0 atom stereocenters. The highest BCUT2D eigenvalue weighted by Crippen LogP contribution is 2.33. The molecule has 3 aliphatic rings. The molecular formula is C31H46N6O2. The topological polar surface area (TPSA) is 65.0 Å². The summed E-state index contributed by atoms with van der Waals surface area (Å²) in [7, 11) is 1.72. The number of likely N-dealkylation sites (tertiary alicyclic amines) is 2. The summed E-state index contributed by atoms with van der Waals surface area (Å²) in [5.74, 6) is 1.81. The zero-order valence-electron chi connectivity index (χ0n) is 24.4. The predicted molar refractivity (Wildman–Crippen MR) is 154 cm³/mol. The van der Waals surface area contributed by atoms with Crippen LogP contribution in [0.3, 0.4) is 0 Å². The van der Waals surface area contributed by atoms with E-state index in [9.17, 15) is 4.79 Å². The molecule has 0 radical (unpaired) electrons. The zero-order chi connectivity index (χ0) is 27.4. The maximum Gasteiger partial charge on any atom is 0.257 e. The molecule has 3 saturated heterocycles. The number of amides is 1. The van der Waals surface area contributed by atoms with Crippen molar-refractivity contribution in [2.45, 2.75) is 58.5 Å². The zero-order valence-corrected chi connectivity index (χ0v) is 24.4. The lowest BCUT2D eigenvalue weighted by Gasteiger charge is -2.49. The fraction of sp³-hybridized carbons (Fsp3) is 0.645. The monoisotopic (exact) mass is 534 g/mol. The van der Waals surface area contributed by atoms with Crippen molar-refractivity contribution in [3.63, 3.8) is 0 Å². The molecule has 0 unspecified atom stereocenters. The quantitative estimate of drug-likeness (QED) is 0.538. The molecule has 8 nitrogen and oxygen atoms in total. The van der Waals surface area contributed by atoms with E-state index in [1.54, 1.807) is 13.4 Å². The number of hydrogen-bond donors (Lipinski definition) is 0. The molecule has 0 aliphatic carbocycles. The summed E-state index contributed by atoms with van der Waals surface area (Å²) in [5, 5.41) is 0. The van der Waals surface area contributed by atoms with Crippen molar-refractivity contribution in [3.8, 4) is 5.75 Å². The van der Waals surface area contributed by atoms with Crippen molar-refractivity contribution < 1.29 is 9.53 Å². The molecule has 39 heavy (non-hydrogen) atoms. The number of hydrogen-bond acceptors (Lipinski definition) is 7. The van der Waals surface area contributed by atoms with Crippen LogP contribution in [-0.4, -0.2) is 107 Å². The standard InChI is InChI=1S/C31H46N6O2/c1-24-29(25(2)33-23-32-24)30(38)36-15-11-31(3,12-16-36)37-13-9-27(10-14-37)22-35-19-17-34(18-20-35)21-26-5-7-28(39-4)8-6-26/h5-8,23,27H,9-22H2,1-4H3. The molecule has 5 rings (SSSR count). The van der Waals surface area contributed by atoms with Crippen molar-refractivity contribution in [2.75, 3.05) is 66.0 Å². The Labute approximate surface area is 234 Å². The Morgan fingerprint density at radius 2 is 1.49 bits per heavy atom. The number of nitrogens with zero attached hydrogens (tertiary/aromatic N) is 6. The molecule has 1 amide bonds. The van der Waals surface area contributed by atoms with Crippen LogP contribution in [0.2, 0.25) is 0 Å². The van der Waals surface area contributed by atoms with Gasteiger partial charge in [0.25, 0.3) is 5.91 Å². The van der Waals surface area contributed by atoms with Gasteiger partial charge in [-0.3, -0.25) is 14.6 Å². The van der Waals surface area contributed by atoms with Crippen LogP contribution in [0, 0.1) is 19.8 Å². The maximum absolute atomic E-state index is 13.2. The van der Waals surface area contributed by atoms with E-state index in [1.807, 2.05) is 18.7 Å². The predicted octanol–water partition coefficient (Wildman–Crippen LogP) is 3.63. The summed E-state index contributed by atoms with van der Waals surface area (Å²) in [4.78, 5) is 31.7. The van der Waals surface area contributed by atoms with Crippen LogP contribution in [0.4, 0.5) is 0 Å². The van der Waals surface area contributed by atoms with Gasteiger partial charge in [0.1, 0.15) is 12.1 Å². The minimum Gasteiger partial charge on any atom is -0.497 e. The Morgan fingerprint density at radius 1 is 0.897 bits per heavy atom. The summed E-state index contributed by atoms with van der Waals surface area (Å²) in [6.45, 7) is 17.1. The molecule has 0 saturated carbocycles. The van der Waals surface area contributed by atoms with E-state index in [0.29, 0.717) is 5.56 Å². The van der Waals surface area contributed by atoms with E-state index in [0.717, 1.165) is 68.6 Å². The van der Waals surface area contributed by atoms with Crippen LogP contribution in [0.25, 0.3) is 0 Å². The molecule has 1 aromatic heterocycles. The van der Waals surface area contributed by atoms with Crippen LogP contribution in [0.1, 0.15) is 59.9 Å². The maximum atomic E-state index is 13.2. The number of carbonyl (C=O) groups excluding carboxylic acids is 1. The van der Waals surface area contributed by atoms with Crippen LogP contribution >= 0.6 is 0 Å². The largest absolute Gasteiger partial charge is 0.497 e. The Hall–Kier alpha value is -2.55. The van der Waals surface area contributed by atoms with Gasteiger partial charge >= 0.3 is 0 Å². The Balaban J connectivity index is 1.03. The van der Waals surface area contributed by atoms with Crippen molar-refractivity contribution in [1.82, 2.24) is 29.6 Å². The normalized spacial score (nSPS) is 21.7. The first-order valence-electron chi connectivity index (χ1n) is 14.7. The van der Waals surface area contributed by atoms with Crippen molar-refractivity contribution in [1.29, 1.82) is 0 Å². The number of aryl methyl sites for hydroxylation is 2. The van der Waals surface area contributed by atoms with Crippen LogP contribution in [-0.2, 0) is 6.54 Å². The number of aromatic nitrogens is 2. The minimum absolute atomic E-state index is 0.0930. The van der Waals surface area contributed by atoms with Gasteiger partial charge < -0.3 is 14.5 Å². The van der Waals surface area contributed by atoms with E-state index in [2.05, 4.69) is 55.9 Å². The summed E-state index contributed by atoms with van der Waals surface area (Å²) in [6.07, 6.45) is 6.17. The van der Waals surface area contributed by atoms with Gasteiger partial charge in [0.05, 0.1) is 24.1 Å². The molecule has 8 heteroatoms. The second kappa shape index (κ2) is 12.3. The van der Waals surface area contributed by atoms with Gasteiger partial charge in [-0.15, -0.1) is 0 Å². The summed E-state index contributed by atoms with van der Waals surface area (Å²) in [6, 6.07) is 8.48. The van der Waals surface area contributed by atoms with E-state index in [-0.39, 0.29) is 11.4 Å². The SMILES string of the molecule is COc1ccc(CN2CCN(CC3CCN(C4(C)CCN(C(=O)c5c(C)ncnc5C)CC4)CC3)CC2)cc1. The number of piperazine rings is 1. The fourth-order valence-electron chi connectivity index (χ4n) is 6.71. The van der Waals surface area contributed by atoms with Crippen molar-refractivity contribution >= 4 is 5.91 Å². The number of rotatable bonds is 7. The molecule has 1 aromatic carbocycles.